The van der Waals surface area contributed by atoms with E-state index in [1.165, 1.54) is 50.1 Å². The van der Waals surface area contributed by atoms with Gasteiger partial charge in [0.05, 0.1) is 0 Å². The number of fused-ring (bicyclic) bond motifs is 5. The van der Waals surface area contributed by atoms with Gasteiger partial charge < -0.3 is 24.8 Å². The van der Waals surface area contributed by atoms with Crippen molar-refractivity contribution in [1.29, 1.82) is 0 Å². The van der Waals surface area contributed by atoms with Gasteiger partial charge in [-0.25, -0.2) is 0 Å². The van der Waals surface area contributed by atoms with Crippen molar-refractivity contribution in [3.63, 3.8) is 0 Å². The van der Waals surface area contributed by atoms with E-state index in [1.807, 2.05) is 3.28 Å². The van der Waals surface area contributed by atoms with E-state index in [1.54, 1.807) is 25.1 Å². The molecular formula is C44H52Cl2SiZr. The Kier molecular flexibility index (Phi) is 9.93. The SMILES string of the molecule is CC/[C](c1ccccc1)=[Zr+2](/[C]1=C(C)C([Si](C)(C)C)=CC1C)[CH]1c2cc3c(cc2-c2cc4c(cc21)C(C)(C)C=C4C)C(C)=CC3(C)C.[Cl-].[Cl-]. The van der Waals surface area contributed by atoms with Crippen LogP contribution in [0, 0.1) is 5.92 Å². The van der Waals surface area contributed by atoms with E-state index in [-0.39, 0.29) is 35.6 Å². The summed E-state index contributed by atoms with van der Waals surface area (Å²) in [4.78, 5) is 0. The predicted molar refractivity (Wildman–Crippen MR) is 201 cm³/mol. The summed E-state index contributed by atoms with van der Waals surface area (Å²) in [7, 11) is -1.49. The molecule has 0 amide bonds. The third-order valence-electron chi connectivity index (χ3n) is 11.6. The molecule has 0 nitrogen and oxygen atoms in total. The first-order chi connectivity index (χ1) is 21.5. The number of rotatable bonds is 5. The minimum absolute atomic E-state index is 0. The van der Waals surface area contributed by atoms with Crippen molar-refractivity contribution in [2.45, 2.75) is 103 Å². The van der Waals surface area contributed by atoms with Gasteiger partial charge in [-0.1, -0.05) is 0 Å². The van der Waals surface area contributed by atoms with E-state index < -0.39 is 29.3 Å². The van der Waals surface area contributed by atoms with Crippen LogP contribution in [-0.4, -0.2) is 11.3 Å². The average molecular weight is 771 g/mol. The Balaban J connectivity index is 0.00000225. The summed E-state index contributed by atoms with van der Waals surface area (Å²) < 4.78 is 4.10. The van der Waals surface area contributed by atoms with Gasteiger partial charge in [0, 0.05) is 0 Å². The number of hydrogen-bond acceptors (Lipinski definition) is 0. The minimum atomic E-state index is -2.70. The third-order valence-corrected chi connectivity index (χ3v) is 23.3. The van der Waals surface area contributed by atoms with E-state index >= 15 is 0 Å². The molecule has 48 heavy (non-hydrogen) atoms. The standard InChI is InChI=1S/C25H25.C10H17Si.C9H10.2ClH.Zr/c1-14-12-24(3,4)22-8-16-7-17-9-23-19(15(2)13-25(23,5)6)11-21(17)20(16)10-18(14)22;1-8-6-9(2)10(7-8)11(3,4)5;1-2-6-9-7-4-3-5-8-9;;;/h7-13H,1-6H3;7-8H,1-5H3;3-5,7-8H,2H2,1H3;2*1H;/q;;;;;+2/p-2. The van der Waals surface area contributed by atoms with Crippen LogP contribution in [0.5, 0.6) is 0 Å². The summed E-state index contributed by atoms with van der Waals surface area (Å²) >= 11 is -2.70. The average Bonchev–Trinajstić information content (AvgIpc) is 3.61. The first-order valence-corrected chi connectivity index (χ1v) is 24.9. The second-order valence-corrected chi connectivity index (χ2v) is 28.1. The van der Waals surface area contributed by atoms with Gasteiger partial charge in [0.15, 0.2) is 0 Å². The fourth-order valence-corrected chi connectivity index (χ4v) is 21.9. The predicted octanol–water partition coefficient (Wildman–Crippen LogP) is 6.13. The zero-order chi connectivity index (χ0) is 33.1. The van der Waals surface area contributed by atoms with Gasteiger partial charge in [0.25, 0.3) is 0 Å². The first kappa shape index (κ1) is 37.4. The van der Waals surface area contributed by atoms with Crippen molar-refractivity contribution in [3.8, 4) is 11.1 Å². The minimum Gasteiger partial charge on any atom is -1.00 e. The molecule has 0 N–H and O–H groups in total. The number of benzene rings is 3. The zero-order valence-corrected chi connectivity index (χ0v) is 36.0. The Bertz CT molecular complexity index is 1910. The Labute approximate surface area is 311 Å². The monoisotopic (exact) mass is 768 g/mol. The van der Waals surface area contributed by atoms with Gasteiger partial charge >= 0.3 is 289 Å². The molecular weight excluding hydrogens is 719 g/mol. The van der Waals surface area contributed by atoms with Gasteiger partial charge in [-0.05, 0) is 0 Å². The number of halogens is 2. The van der Waals surface area contributed by atoms with Gasteiger partial charge in [-0.3, -0.25) is 0 Å². The molecule has 7 rings (SSSR count). The molecule has 1 unspecified atom stereocenters. The summed E-state index contributed by atoms with van der Waals surface area (Å²) in [6.07, 6.45) is 8.83. The molecule has 4 aliphatic carbocycles. The molecule has 3 aromatic carbocycles. The van der Waals surface area contributed by atoms with Gasteiger partial charge in [-0.2, -0.15) is 0 Å². The topological polar surface area (TPSA) is 0 Å². The normalized spacial score (nSPS) is 20.1. The van der Waals surface area contributed by atoms with E-state index in [0.717, 1.165) is 6.42 Å². The summed E-state index contributed by atoms with van der Waals surface area (Å²) in [5.74, 6) is 0.512. The molecule has 0 aliphatic heterocycles. The third kappa shape index (κ3) is 5.70. The van der Waals surface area contributed by atoms with Crippen molar-refractivity contribution in [1.82, 2.24) is 0 Å². The summed E-state index contributed by atoms with van der Waals surface area (Å²) in [5.41, 5.74) is 18.4. The van der Waals surface area contributed by atoms with E-state index in [4.69, 9.17) is 0 Å². The van der Waals surface area contributed by atoms with Crippen LogP contribution in [0.25, 0.3) is 22.3 Å². The van der Waals surface area contributed by atoms with Gasteiger partial charge in [0.1, 0.15) is 0 Å². The molecule has 0 heterocycles. The van der Waals surface area contributed by atoms with Gasteiger partial charge in [-0.15, -0.1) is 0 Å². The van der Waals surface area contributed by atoms with Gasteiger partial charge in [0.2, 0.25) is 0 Å². The summed E-state index contributed by atoms with van der Waals surface area (Å²) in [6, 6.07) is 22.2. The Morgan fingerprint density at radius 1 is 0.729 bits per heavy atom. The molecule has 0 bridgehead atoms. The molecule has 250 valence electrons. The molecule has 0 radical (unpaired) electrons. The van der Waals surface area contributed by atoms with Crippen LogP contribution in [0.1, 0.15) is 111 Å². The number of allylic oxidation sites excluding steroid dienone is 8. The van der Waals surface area contributed by atoms with Crippen LogP contribution in [0.4, 0.5) is 0 Å². The maximum atomic E-state index is 2.70. The first-order valence-electron chi connectivity index (χ1n) is 17.5. The van der Waals surface area contributed by atoms with Crippen molar-refractivity contribution in [3.05, 3.63) is 126 Å². The zero-order valence-electron chi connectivity index (χ0n) is 31.0. The van der Waals surface area contributed by atoms with E-state index in [2.05, 4.69) is 155 Å². The molecule has 1 atom stereocenters. The maximum Gasteiger partial charge on any atom is -1.00 e. The van der Waals surface area contributed by atoms with Crippen molar-refractivity contribution in [2.75, 3.05) is 0 Å². The van der Waals surface area contributed by atoms with Crippen LogP contribution in [-0.2, 0) is 32.1 Å². The molecule has 3 aromatic rings. The van der Waals surface area contributed by atoms with Crippen molar-refractivity contribution >= 4 is 22.4 Å². The molecule has 0 aromatic heterocycles. The van der Waals surface area contributed by atoms with Crippen molar-refractivity contribution in [2.24, 2.45) is 5.92 Å². The van der Waals surface area contributed by atoms with Crippen LogP contribution < -0.4 is 24.8 Å². The number of hydrogen-bond donors (Lipinski definition) is 0. The fourth-order valence-electron chi connectivity index (χ4n) is 9.65. The molecule has 4 aliphatic rings. The Hall–Kier alpha value is -1.83. The Morgan fingerprint density at radius 2 is 1.21 bits per heavy atom. The molecule has 0 spiro atoms. The summed E-state index contributed by atoms with van der Waals surface area (Å²) in [6.45, 7) is 29.4. The van der Waals surface area contributed by atoms with Crippen LogP contribution >= 0.6 is 0 Å². The quantitative estimate of drug-likeness (QED) is 0.274. The van der Waals surface area contributed by atoms with E-state index in [0.29, 0.717) is 9.54 Å². The van der Waals surface area contributed by atoms with Crippen LogP contribution in [0.2, 0.25) is 19.6 Å². The van der Waals surface area contributed by atoms with Crippen LogP contribution in [0.3, 0.4) is 0 Å². The fraction of sp³-hybridized carbons (Fsp3) is 0.386. The largest absolute Gasteiger partial charge is 1.00 e. The molecule has 0 fully saturated rings. The van der Waals surface area contributed by atoms with Crippen molar-refractivity contribution < 1.29 is 46.1 Å². The second-order valence-electron chi connectivity index (χ2n) is 16.8. The van der Waals surface area contributed by atoms with E-state index in [9.17, 15) is 0 Å². The molecule has 0 saturated carbocycles. The Morgan fingerprint density at radius 3 is 1.62 bits per heavy atom. The summed E-state index contributed by atoms with van der Waals surface area (Å²) in [5, 5.41) is 1.71. The molecule has 4 heteroatoms. The second kappa shape index (κ2) is 12.7. The maximum absolute atomic E-state index is 2.70. The molecule has 0 saturated heterocycles. The smallest absolute Gasteiger partial charge is 1.00 e. The van der Waals surface area contributed by atoms with Crippen LogP contribution in [0.15, 0.2) is 86.9 Å².